The zero-order chi connectivity index (χ0) is 15.0. The summed E-state index contributed by atoms with van der Waals surface area (Å²) in [6, 6.07) is 9.63. The minimum Gasteiger partial charge on any atom is -0.463 e. The Kier molecular flexibility index (Phi) is 7.22. The van der Waals surface area contributed by atoms with E-state index in [4.69, 9.17) is 9.47 Å². The summed E-state index contributed by atoms with van der Waals surface area (Å²) in [5.74, 6) is -0.385. The van der Waals surface area contributed by atoms with E-state index in [-0.39, 0.29) is 19.2 Å². The van der Waals surface area contributed by atoms with Gasteiger partial charge in [0.2, 0.25) is 0 Å². The first kappa shape index (κ1) is 16.6. The molecule has 0 heterocycles. The van der Waals surface area contributed by atoms with E-state index >= 15 is 0 Å². The van der Waals surface area contributed by atoms with Gasteiger partial charge in [0.1, 0.15) is 12.7 Å². The van der Waals surface area contributed by atoms with Gasteiger partial charge >= 0.3 is 5.97 Å². The highest BCUT2D eigenvalue weighted by Crippen LogP contribution is 2.11. The Labute approximate surface area is 119 Å². The summed E-state index contributed by atoms with van der Waals surface area (Å²) in [6.07, 6.45) is -1.36. The molecule has 2 N–H and O–H groups in total. The highest BCUT2D eigenvalue weighted by Gasteiger charge is 2.21. The molecule has 0 aliphatic rings. The van der Waals surface area contributed by atoms with Gasteiger partial charge in [-0.2, -0.15) is 0 Å². The smallest absolute Gasteiger partial charge is 0.302 e. The summed E-state index contributed by atoms with van der Waals surface area (Å²) < 4.78 is 10.6. The fourth-order valence-corrected chi connectivity index (χ4v) is 1.79. The molecule has 0 aliphatic carbocycles. The van der Waals surface area contributed by atoms with E-state index in [1.54, 1.807) is 6.92 Å². The van der Waals surface area contributed by atoms with Gasteiger partial charge < -0.3 is 19.7 Å². The Morgan fingerprint density at radius 2 is 1.95 bits per heavy atom. The molecule has 3 atom stereocenters. The monoisotopic (exact) mass is 282 g/mol. The summed E-state index contributed by atoms with van der Waals surface area (Å²) in [5.41, 5.74) is 1.03. The van der Waals surface area contributed by atoms with Crippen LogP contribution in [0.25, 0.3) is 0 Å². The molecule has 0 aliphatic heterocycles. The topological polar surface area (TPSA) is 76.0 Å². The average Bonchev–Trinajstić information content (AvgIpc) is 2.42. The van der Waals surface area contributed by atoms with Gasteiger partial charge in [0.25, 0.3) is 0 Å². The van der Waals surface area contributed by atoms with Gasteiger partial charge in [-0.05, 0) is 12.5 Å². The normalized spacial score (nSPS) is 15.4. The molecule has 0 saturated heterocycles. The molecule has 0 amide bonds. The van der Waals surface area contributed by atoms with Gasteiger partial charge in [0.05, 0.1) is 18.8 Å². The van der Waals surface area contributed by atoms with Crippen LogP contribution in [-0.4, -0.2) is 47.7 Å². The number of benzene rings is 1. The lowest BCUT2D eigenvalue weighted by Crippen LogP contribution is -2.37. The standard InChI is InChI=1S/C15H22O5/c1-11(17)15(9-16)20-14(10-19-12(2)18)8-13-6-4-3-5-7-13/h3-7,11,14-17H,8-10H2,1-2H3/t11-,14+,15-/m1/s1. The highest BCUT2D eigenvalue weighted by molar-refractivity contribution is 5.65. The van der Waals surface area contributed by atoms with Crippen LogP contribution in [0.3, 0.4) is 0 Å². The van der Waals surface area contributed by atoms with E-state index in [9.17, 15) is 15.0 Å². The van der Waals surface area contributed by atoms with Gasteiger partial charge in [0, 0.05) is 13.3 Å². The van der Waals surface area contributed by atoms with Gasteiger partial charge in [-0.15, -0.1) is 0 Å². The van der Waals surface area contributed by atoms with Crippen LogP contribution in [0.1, 0.15) is 19.4 Å². The number of esters is 1. The minimum absolute atomic E-state index is 0.0907. The number of hydrogen-bond donors (Lipinski definition) is 2. The second-order valence-corrected chi connectivity index (χ2v) is 4.71. The van der Waals surface area contributed by atoms with Crippen LogP contribution in [0.2, 0.25) is 0 Å². The number of aliphatic hydroxyl groups is 2. The third kappa shape index (κ3) is 6.14. The summed E-state index contributed by atoms with van der Waals surface area (Å²) >= 11 is 0. The van der Waals surface area contributed by atoms with Crippen LogP contribution in [-0.2, 0) is 20.7 Å². The number of aliphatic hydroxyl groups excluding tert-OH is 2. The van der Waals surface area contributed by atoms with Gasteiger partial charge in [-0.1, -0.05) is 30.3 Å². The molecule has 0 saturated carbocycles. The van der Waals surface area contributed by atoms with Gasteiger partial charge in [-0.25, -0.2) is 0 Å². The van der Waals surface area contributed by atoms with Crippen molar-refractivity contribution in [3.05, 3.63) is 35.9 Å². The number of carbonyl (C=O) groups is 1. The molecule has 0 spiro atoms. The van der Waals surface area contributed by atoms with Crippen molar-refractivity contribution in [2.24, 2.45) is 0 Å². The van der Waals surface area contributed by atoms with Crippen molar-refractivity contribution in [2.75, 3.05) is 13.2 Å². The van der Waals surface area contributed by atoms with Crippen molar-refractivity contribution < 1.29 is 24.5 Å². The lowest BCUT2D eigenvalue weighted by atomic mass is 10.1. The molecule has 1 aromatic carbocycles. The zero-order valence-corrected chi connectivity index (χ0v) is 11.9. The van der Waals surface area contributed by atoms with Crippen LogP contribution in [0, 0.1) is 0 Å². The average molecular weight is 282 g/mol. The first-order valence-corrected chi connectivity index (χ1v) is 6.64. The first-order valence-electron chi connectivity index (χ1n) is 6.64. The van der Waals surface area contributed by atoms with Crippen molar-refractivity contribution >= 4 is 5.97 Å². The summed E-state index contributed by atoms with van der Waals surface area (Å²) in [6.45, 7) is 2.68. The molecule has 0 fully saturated rings. The quantitative estimate of drug-likeness (QED) is 0.693. The zero-order valence-electron chi connectivity index (χ0n) is 11.9. The number of rotatable bonds is 8. The third-order valence-electron chi connectivity index (χ3n) is 2.86. The maximum absolute atomic E-state index is 10.9. The van der Waals surface area contributed by atoms with Gasteiger partial charge in [0.15, 0.2) is 0 Å². The lowest BCUT2D eigenvalue weighted by Gasteiger charge is -2.25. The molecule has 20 heavy (non-hydrogen) atoms. The molecule has 5 heteroatoms. The van der Waals surface area contributed by atoms with E-state index < -0.39 is 18.3 Å². The molecular weight excluding hydrogens is 260 g/mol. The second kappa shape index (κ2) is 8.68. The van der Waals surface area contributed by atoms with Crippen LogP contribution < -0.4 is 0 Å². The summed E-state index contributed by atoms with van der Waals surface area (Å²) in [4.78, 5) is 10.9. The molecule has 0 unspecified atom stereocenters. The lowest BCUT2D eigenvalue weighted by molar-refractivity contribution is -0.151. The SMILES string of the molecule is CC(=O)OC[C@H](Cc1ccccc1)O[C@H](CO)[C@@H](C)O. The Hall–Kier alpha value is -1.43. The number of carbonyl (C=O) groups excluding carboxylic acids is 1. The number of hydrogen-bond acceptors (Lipinski definition) is 5. The predicted molar refractivity (Wildman–Crippen MR) is 74.2 cm³/mol. The van der Waals surface area contributed by atoms with Crippen molar-refractivity contribution in [3.8, 4) is 0 Å². The Morgan fingerprint density at radius 3 is 2.45 bits per heavy atom. The number of ether oxygens (including phenoxy) is 2. The van der Waals surface area contributed by atoms with Crippen molar-refractivity contribution in [1.29, 1.82) is 0 Å². The predicted octanol–water partition coefficient (Wildman–Crippen LogP) is 0.919. The maximum atomic E-state index is 10.9. The maximum Gasteiger partial charge on any atom is 0.302 e. The highest BCUT2D eigenvalue weighted by atomic mass is 16.6. The van der Waals surface area contributed by atoms with E-state index in [1.165, 1.54) is 6.92 Å². The van der Waals surface area contributed by atoms with E-state index in [1.807, 2.05) is 30.3 Å². The molecule has 1 rings (SSSR count). The fraction of sp³-hybridized carbons (Fsp3) is 0.533. The molecule has 5 nitrogen and oxygen atoms in total. The molecule has 112 valence electrons. The van der Waals surface area contributed by atoms with Crippen molar-refractivity contribution in [1.82, 2.24) is 0 Å². The summed E-state index contributed by atoms with van der Waals surface area (Å²) in [5, 5.41) is 18.7. The first-order chi connectivity index (χ1) is 9.52. The molecule has 0 radical (unpaired) electrons. The van der Waals surface area contributed by atoms with Crippen molar-refractivity contribution in [2.45, 2.75) is 38.6 Å². The third-order valence-corrected chi connectivity index (χ3v) is 2.86. The summed E-state index contributed by atoms with van der Waals surface area (Å²) in [7, 11) is 0. The largest absolute Gasteiger partial charge is 0.463 e. The van der Waals surface area contributed by atoms with Crippen LogP contribution in [0.5, 0.6) is 0 Å². The molecule has 0 bridgehead atoms. The van der Waals surface area contributed by atoms with E-state index in [0.29, 0.717) is 6.42 Å². The van der Waals surface area contributed by atoms with Crippen LogP contribution >= 0.6 is 0 Å². The molecule has 1 aromatic rings. The minimum atomic E-state index is -0.796. The Balaban J connectivity index is 2.66. The fourth-order valence-electron chi connectivity index (χ4n) is 1.79. The molecule has 0 aromatic heterocycles. The Bertz CT molecular complexity index is 391. The second-order valence-electron chi connectivity index (χ2n) is 4.71. The van der Waals surface area contributed by atoms with Crippen LogP contribution in [0.15, 0.2) is 30.3 Å². The Morgan fingerprint density at radius 1 is 1.30 bits per heavy atom. The van der Waals surface area contributed by atoms with Crippen molar-refractivity contribution in [3.63, 3.8) is 0 Å². The van der Waals surface area contributed by atoms with Crippen LogP contribution in [0.4, 0.5) is 0 Å². The van der Waals surface area contributed by atoms with E-state index in [2.05, 4.69) is 0 Å². The van der Waals surface area contributed by atoms with E-state index in [0.717, 1.165) is 5.56 Å². The van der Waals surface area contributed by atoms with Gasteiger partial charge in [-0.3, -0.25) is 4.79 Å². The molecular formula is C15H22O5.